The number of ketones is 1. The van der Waals surface area contributed by atoms with Crippen molar-refractivity contribution in [2.45, 2.75) is 32.2 Å². The molecule has 1 aromatic heterocycles. The first kappa shape index (κ1) is 22.5. The van der Waals surface area contributed by atoms with Gasteiger partial charge in [0.15, 0.2) is 17.3 Å². The number of Topliss-reactive ketones (excluding diaryl/α,β-unsaturated/α-hetero) is 1. The molecule has 0 bridgehead atoms. The molecule has 2 N–H and O–H groups in total. The van der Waals surface area contributed by atoms with E-state index in [1.807, 2.05) is 18.2 Å². The van der Waals surface area contributed by atoms with Crippen LogP contribution in [0.4, 0.5) is 10.1 Å². The molecule has 5 nitrogen and oxygen atoms in total. The second-order valence-electron chi connectivity index (χ2n) is 8.91. The summed E-state index contributed by atoms with van der Waals surface area (Å²) in [6, 6.07) is 8.62. The van der Waals surface area contributed by atoms with Crippen LogP contribution in [-0.2, 0) is 0 Å². The van der Waals surface area contributed by atoms with Crippen LogP contribution in [0.25, 0.3) is 22.0 Å². The predicted octanol–water partition coefficient (Wildman–Crippen LogP) is 5.74. The van der Waals surface area contributed by atoms with E-state index in [1.54, 1.807) is 6.20 Å². The van der Waals surface area contributed by atoms with E-state index in [1.165, 1.54) is 19.1 Å². The van der Waals surface area contributed by atoms with Crippen molar-refractivity contribution in [1.82, 2.24) is 9.88 Å². The molecule has 0 aliphatic heterocycles. The van der Waals surface area contributed by atoms with Crippen LogP contribution < -0.4 is 5.32 Å². The van der Waals surface area contributed by atoms with E-state index in [2.05, 4.69) is 29.3 Å². The van der Waals surface area contributed by atoms with Gasteiger partial charge in [-0.15, -0.1) is 0 Å². The number of nitrogens with one attached hydrogen (secondary N) is 1. The fourth-order valence-corrected chi connectivity index (χ4v) is 4.83. The summed E-state index contributed by atoms with van der Waals surface area (Å²) in [4.78, 5) is 19.1. The third kappa shape index (κ3) is 4.57. The molecule has 2 atom stereocenters. The number of phenolic OH excluding ortho intramolecular Hbond substituents is 1. The van der Waals surface area contributed by atoms with Gasteiger partial charge in [0, 0.05) is 24.2 Å². The Morgan fingerprint density at radius 1 is 1.25 bits per heavy atom. The minimum atomic E-state index is -0.778. The average Bonchev–Trinajstić information content (AvgIpc) is 3.17. The summed E-state index contributed by atoms with van der Waals surface area (Å²) in [7, 11) is 4.18. The maximum atomic E-state index is 14.1. The molecule has 1 heterocycles. The fraction of sp³-hybridized carbons (Fsp3) is 0.360. The second-order valence-corrected chi connectivity index (χ2v) is 9.31. The molecular formula is C25H27ClFN3O2. The minimum absolute atomic E-state index is 0.0491. The third-order valence-corrected chi connectivity index (χ3v) is 6.40. The van der Waals surface area contributed by atoms with Crippen molar-refractivity contribution in [1.29, 1.82) is 0 Å². The molecule has 0 amide bonds. The number of aromatic hydroxyl groups is 1. The zero-order valence-corrected chi connectivity index (χ0v) is 19.2. The normalized spacial score (nSPS) is 18.4. The van der Waals surface area contributed by atoms with Gasteiger partial charge in [-0.1, -0.05) is 17.7 Å². The van der Waals surface area contributed by atoms with Crippen molar-refractivity contribution in [3.05, 3.63) is 52.9 Å². The fourth-order valence-electron chi connectivity index (χ4n) is 4.62. The molecule has 1 saturated carbocycles. The lowest BCUT2D eigenvalue weighted by Gasteiger charge is -2.20. The van der Waals surface area contributed by atoms with E-state index in [0.29, 0.717) is 17.0 Å². The van der Waals surface area contributed by atoms with E-state index < -0.39 is 11.6 Å². The van der Waals surface area contributed by atoms with E-state index >= 15 is 0 Å². The number of nitrogens with zero attached hydrogens (tertiary/aromatic N) is 2. The van der Waals surface area contributed by atoms with Gasteiger partial charge in [-0.25, -0.2) is 4.39 Å². The molecule has 0 radical (unpaired) electrons. The summed E-state index contributed by atoms with van der Waals surface area (Å²) in [5.41, 5.74) is 3.32. The maximum absolute atomic E-state index is 14.1. The lowest BCUT2D eigenvalue weighted by Crippen LogP contribution is -2.22. The number of halogens is 2. The number of aromatic nitrogens is 1. The van der Waals surface area contributed by atoms with E-state index in [9.17, 15) is 14.3 Å². The van der Waals surface area contributed by atoms with E-state index in [4.69, 9.17) is 11.6 Å². The van der Waals surface area contributed by atoms with Crippen LogP contribution in [-0.4, -0.2) is 47.5 Å². The zero-order valence-electron chi connectivity index (χ0n) is 18.5. The highest BCUT2D eigenvalue weighted by Crippen LogP contribution is 2.37. The number of hydrogen-bond donors (Lipinski definition) is 2. The first-order valence-electron chi connectivity index (χ1n) is 10.8. The van der Waals surface area contributed by atoms with Crippen LogP contribution in [0.3, 0.4) is 0 Å². The number of fused-ring (bicyclic) bond motifs is 1. The summed E-state index contributed by atoms with van der Waals surface area (Å²) in [6.45, 7) is 2.59. The molecule has 2 aromatic carbocycles. The standard InChI is InChI=1S/C25H27ClFN3O2/c1-14(31)20-12-28-23-7-5-16(17-10-21(26)25(32)22(27)11-17)9-19(23)24(20)29-18-6-4-15(8-18)13-30(2)3/h5,7,9-12,15,18,32H,4,6,8,13H2,1-3H3,(H,28,29)/t15-,18-/m1/s1. The van der Waals surface area contributed by atoms with Crippen LogP contribution in [0.1, 0.15) is 36.5 Å². The van der Waals surface area contributed by atoms with Crippen molar-refractivity contribution >= 4 is 34.0 Å². The number of anilines is 1. The van der Waals surface area contributed by atoms with Crippen molar-refractivity contribution in [2.24, 2.45) is 5.92 Å². The Bertz CT molecular complexity index is 1160. The number of phenols is 1. The lowest BCUT2D eigenvalue weighted by molar-refractivity contribution is 0.101. The van der Waals surface area contributed by atoms with Crippen LogP contribution in [0, 0.1) is 11.7 Å². The summed E-state index contributed by atoms with van der Waals surface area (Å²) < 4.78 is 14.1. The number of rotatable bonds is 6. The van der Waals surface area contributed by atoms with Crippen molar-refractivity contribution in [2.75, 3.05) is 26.0 Å². The first-order valence-corrected chi connectivity index (χ1v) is 11.1. The average molecular weight is 456 g/mol. The molecule has 1 fully saturated rings. The molecule has 0 saturated heterocycles. The zero-order chi connectivity index (χ0) is 23.0. The largest absolute Gasteiger partial charge is 0.504 e. The van der Waals surface area contributed by atoms with E-state index in [0.717, 1.165) is 48.0 Å². The van der Waals surface area contributed by atoms with E-state index in [-0.39, 0.29) is 16.8 Å². The summed E-state index contributed by atoms with van der Waals surface area (Å²) in [5.74, 6) is -0.782. The molecule has 4 rings (SSSR count). The van der Waals surface area contributed by atoms with Gasteiger partial charge in [0.1, 0.15) is 0 Å². The quantitative estimate of drug-likeness (QED) is 0.463. The van der Waals surface area contributed by atoms with Crippen molar-refractivity contribution in [3.63, 3.8) is 0 Å². The predicted molar refractivity (Wildman–Crippen MR) is 127 cm³/mol. The summed E-state index contributed by atoms with van der Waals surface area (Å²) >= 11 is 5.99. The number of benzene rings is 2. The topological polar surface area (TPSA) is 65.5 Å². The summed E-state index contributed by atoms with van der Waals surface area (Å²) in [5, 5.41) is 14.0. The molecule has 0 unspecified atom stereocenters. The SMILES string of the molecule is CC(=O)c1cnc2ccc(-c3cc(F)c(O)c(Cl)c3)cc2c1N[C@@H]1CC[C@@H](CN(C)C)C1. The van der Waals surface area contributed by atoms with Crippen LogP contribution in [0.5, 0.6) is 5.75 Å². The molecule has 7 heteroatoms. The summed E-state index contributed by atoms with van der Waals surface area (Å²) in [6.07, 6.45) is 4.84. The Balaban J connectivity index is 1.76. The Labute approximate surface area is 192 Å². The first-order chi connectivity index (χ1) is 15.2. The van der Waals surface area contributed by atoms with Gasteiger partial charge < -0.3 is 15.3 Å². The van der Waals surface area contributed by atoms with Gasteiger partial charge in [-0.05, 0) is 81.6 Å². The smallest absolute Gasteiger partial charge is 0.170 e. The van der Waals surface area contributed by atoms with Crippen LogP contribution in [0.2, 0.25) is 5.02 Å². The minimum Gasteiger partial charge on any atom is -0.504 e. The monoisotopic (exact) mass is 455 g/mol. The molecular weight excluding hydrogens is 429 g/mol. The molecule has 168 valence electrons. The highest BCUT2D eigenvalue weighted by molar-refractivity contribution is 6.32. The number of hydrogen-bond acceptors (Lipinski definition) is 5. The Hall–Kier alpha value is -2.70. The van der Waals surface area contributed by atoms with Crippen molar-refractivity contribution in [3.8, 4) is 16.9 Å². The van der Waals surface area contributed by atoms with Gasteiger partial charge in [-0.2, -0.15) is 0 Å². The molecule has 3 aromatic rings. The lowest BCUT2D eigenvalue weighted by atomic mass is 9.99. The Kier molecular flexibility index (Phi) is 6.35. The van der Waals surface area contributed by atoms with Crippen molar-refractivity contribution < 1.29 is 14.3 Å². The number of carbonyl (C=O) groups excluding carboxylic acids is 1. The Morgan fingerprint density at radius 3 is 2.72 bits per heavy atom. The van der Waals surface area contributed by atoms with Gasteiger partial charge in [0.25, 0.3) is 0 Å². The van der Waals surface area contributed by atoms with Gasteiger partial charge in [-0.3, -0.25) is 9.78 Å². The molecule has 32 heavy (non-hydrogen) atoms. The van der Waals surface area contributed by atoms with Gasteiger partial charge in [0.2, 0.25) is 0 Å². The number of pyridine rings is 1. The maximum Gasteiger partial charge on any atom is 0.170 e. The van der Waals surface area contributed by atoms with Crippen LogP contribution in [0.15, 0.2) is 36.5 Å². The molecule has 1 aliphatic carbocycles. The second kappa shape index (κ2) is 9.04. The molecule has 0 spiro atoms. The van der Waals surface area contributed by atoms with Crippen LogP contribution >= 0.6 is 11.6 Å². The molecule has 1 aliphatic rings. The number of carbonyl (C=O) groups is 1. The highest BCUT2D eigenvalue weighted by Gasteiger charge is 2.26. The van der Waals surface area contributed by atoms with Gasteiger partial charge >= 0.3 is 0 Å². The van der Waals surface area contributed by atoms with Gasteiger partial charge in [0.05, 0.1) is 21.8 Å². The Morgan fingerprint density at radius 2 is 2.03 bits per heavy atom. The third-order valence-electron chi connectivity index (χ3n) is 6.11. The highest BCUT2D eigenvalue weighted by atomic mass is 35.5.